The molecule has 1 amide bonds. The van der Waals surface area contributed by atoms with E-state index in [-0.39, 0.29) is 11.5 Å². The quantitative estimate of drug-likeness (QED) is 0.718. The van der Waals surface area contributed by atoms with Gasteiger partial charge in [0.1, 0.15) is 11.3 Å². The van der Waals surface area contributed by atoms with Gasteiger partial charge in [0.2, 0.25) is 0 Å². The van der Waals surface area contributed by atoms with E-state index in [1.807, 2.05) is 24.6 Å². The molecular weight excluding hydrogens is 322 g/mol. The molecule has 0 saturated heterocycles. The molecule has 0 atom stereocenters. The van der Waals surface area contributed by atoms with E-state index in [0.717, 1.165) is 11.4 Å². The first kappa shape index (κ1) is 16.8. The number of amides is 1. The zero-order valence-corrected chi connectivity index (χ0v) is 14.3. The van der Waals surface area contributed by atoms with Crippen molar-refractivity contribution in [3.8, 4) is 5.75 Å². The molecule has 0 bridgehead atoms. The van der Waals surface area contributed by atoms with E-state index in [9.17, 15) is 9.59 Å². The summed E-state index contributed by atoms with van der Waals surface area (Å²) in [7, 11) is 1.52. The van der Waals surface area contributed by atoms with Gasteiger partial charge in [-0.05, 0) is 32.0 Å². The Labute approximate surface area is 144 Å². The van der Waals surface area contributed by atoms with Gasteiger partial charge in [-0.3, -0.25) is 9.48 Å². The van der Waals surface area contributed by atoms with E-state index >= 15 is 0 Å². The monoisotopic (exact) mass is 341 g/mol. The zero-order chi connectivity index (χ0) is 18.0. The maximum absolute atomic E-state index is 12.5. The number of methoxy groups -OCH3 is 1. The van der Waals surface area contributed by atoms with Crippen molar-refractivity contribution in [3.05, 3.63) is 57.7 Å². The third-order valence-electron chi connectivity index (χ3n) is 3.91. The SMILES string of the molecule is COc1ccc2c(C(=O)NCCn3nc(C)cc3C)cc(=O)oc2c1. The molecule has 0 aliphatic carbocycles. The van der Waals surface area contributed by atoms with Crippen molar-refractivity contribution >= 4 is 16.9 Å². The predicted octanol–water partition coefficient (Wildman–Crippen LogP) is 2.04. The van der Waals surface area contributed by atoms with Gasteiger partial charge < -0.3 is 14.5 Å². The molecule has 2 aromatic heterocycles. The average molecular weight is 341 g/mol. The van der Waals surface area contributed by atoms with Crippen LogP contribution in [0.2, 0.25) is 0 Å². The van der Waals surface area contributed by atoms with Gasteiger partial charge in [0.25, 0.3) is 5.91 Å². The van der Waals surface area contributed by atoms with Crippen molar-refractivity contribution in [1.29, 1.82) is 0 Å². The van der Waals surface area contributed by atoms with Crippen LogP contribution in [-0.2, 0) is 6.54 Å². The number of rotatable bonds is 5. The number of nitrogens with one attached hydrogen (secondary N) is 1. The van der Waals surface area contributed by atoms with Crippen molar-refractivity contribution in [1.82, 2.24) is 15.1 Å². The van der Waals surface area contributed by atoms with Gasteiger partial charge in [-0.2, -0.15) is 5.10 Å². The van der Waals surface area contributed by atoms with Gasteiger partial charge in [0, 0.05) is 29.8 Å². The summed E-state index contributed by atoms with van der Waals surface area (Å²) < 4.78 is 12.1. The molecule has 3 rings (SSSR count). The standard InChI is InChI=1S/C18H19N3O4/c1-11-8-12(2)21(20-11)7-6-19-18(23)15-10-17(22)25-16-9-13(24-3)4-5-14(15)16/h4-5,8-10H,6-7H2,1-3H3,(H,19,23). The Hall–Kier alpha value is -3.09. The van der Waals surface area contributed by atoms with Crippen LogP contribution in [0.1, 0.15) is 21.7 Å². The van der Waals surface area contributed by atoms with Gasteiger partial charge in [-0.15, -0.1) is 0 Å². The van der Waals surface area contributed by atoms with Crippen LogP contribution in [0.25, 0.3) is 11.0 Å². The van der Waals surface area contributed by atoms with Crippen LogP contribution in [0.3, 0.4) is 0 Å². The molecule has 0 fully saturated rings. The first-order valence-corrected chi connectivity index (χ1v) is 7.89. The summed E-state index contributed by atoms with van der Waals surface area (Å²) in [5.74, 6) is 0.224. The molecule has 0 spiro atoms. The number of aromatic nitrogens is 2. The van der Waals surface area contributed by atoms with E-state index in [1.54, 1.807) is 18.2 Å². The number of hydrogen-bond donors (Lipinski definition) is 1. The lowest BCUT2D eigenvalue weighted by molar-refractivity contribution is 0.0953. The summed E-state index contributed by atoms with van der Waals surface area (Å²) in [5, 5.41) is 7.73. The molecule has 2 heterocycles. The summed E-state index contributed by atoms with van der Waals surface area (Å²) in [6.07, 6.45) is 0. The molecule has 7 heteroatoms. The van der Waals surface area contributed by atoms with Crippen LogP contribution >= 0.6 is 0 Å². The van der Waals surface area contributed by atoms with Gasteiger partial charge in [-0.1, -0.05) is 0 Å². The minimum absolute atomic E-state index is 0.280. The fraction of sp³-hybridized carbons (Fsp3) is 0.278. The van der Waals surface area contributed by atoms with Crippen LogP contribution in [-0.4, -0.2) is 29.3 Å². The summed E-state index contributed by atoms with van der Waals surface area (Å²) >= 11 is 0. The molecule has 25 heavy (non-hydrogen) atoms. The van der Waals surface area contributed by atoms with Crippen molar-refractivity contribution in [3.63, 3.8) is 0 Å². The van der Waals surface area contributed by atoms with Gasteiger partial charge in [0.15, 0.2) is 0 Å². The highest BCUT2D eigenvalue weighted by atomic mass is 16.5. The second-order valence-corrected chi connectivity index (χ2v) is 5.75. The fourth-order valence-corrected chi connectivity index (χ4v) is 2.73. The first-order valence-electron chi connectivity index (χ1n) is 7.89. The number of fused-ring (bicyclic) bond motifs is 1. The minimum Gasteiger partial charge on any atom is -0.497 e. The van der Waals surface area contributed by atoms with Crippen molar-refractivity contribution in [2.75, 3.05) is 13.7 Å². The van der Waals surface area contributed by atoms with Crippen LogP contribution in [0.4, 0.5) is 0 Å². The topological polar surface area (TPSA) is 86.4 Å². The summed E-state index contributed by atoms with van der Waals surface area (Å²) in [6.45, 7) is 4.84. The van der Waals surface area contributed by atoms with Gasteiger partial charge in [0.05, 0.1) is 24.9 Å². The van der Waals surface area contributed by atoms with Gasteiger partial charge in [-0.25, -0.2) is 4.79 Å². The molecule has 130 valence electrons. The second kappa shape index (κ2) is 6.80. The minimum atomic E-state index is -0.579. The molecule has 3 aromatic rings. The van der Waals surface area contributed by atoms with Crippen LogP contribution in [0, 0.1) is 13.8 Å². The van der Waals surface area contributed by atoms with E-state index in [0.29, 0.717) is 29.8 Å². The third kappa shape index (κ3) is 3.55. The molecule has 0 unspecified atom stereocenters. The van der Waals surface area contributed by atoms with Crippen LogP contribution < -0.4 is 15.7 Å². The Morgan fingerprint density at radius 2 is 2.08 bits per heavy atom. The maximum atomic E-state index is 12.5. The van der Waals surface area contributed by atoms with E-state index in [1.165, 1.54) is 13.2 Å². The van der Waals surface area contributed by atoms with Crippen molar-refractivity contribution < 1.29 is 13.9 Å². The smallest absolute Gasteiger partial charge is 0.337 e. The predicted molar refractivity (Wildman–Crippen MR) is 93.1 cm³/mol. The van der Waals surface area contributed by atoms with E-state index in [2.05, 4.69) is 10.4 Å². The Morgan fingerprint density at radius 3 is 2.76 bits per heavy atom. The van der Waals surface area contributed by atoms with Crippen molar-refractivity contribution in [2.45, 2.75) is 20.4 Å². The number of carbonyl (C=O) groups is 1. The average Bonchev–Trinajstić information content (AvgIpc) is 2.90. The van der Waals surface area contributed by atoms with Crippen LogP contribution in [0.15, 0.2) is 39.5 Å². The first-order chi connectivity index (χ1) is 12.0. The lowest BCUT2D eigenvalue weighted by Gasteiger charge is -2.09. The number of hydrogen-bond acceptors (Lipinski definition) is 5. The second-order valence-electron chi connectivity index (χ2n) is 5.75. The van der Waals surface area contributed by atoms with E-state index < -0.39 is 5.63 Å². The largest absolute Gasteiger partial charge is 0.497 e. The molecule has 1 N–H and O–H groups in total. The number of benzene rings is 1. The molecule has 7 nitrogen and oxygen atoms in total. The molecule has 0 aliphatic rings. The van der Waals surface area contributed by atoms with E-state index in [4.69, 9.17) is 9.15 Å². The van der Waals surface area contributed by atoms with Crippen molar-refractivity contribution in [2.24, 2.45) is 0 Å². The summed E-state index contributed by atoms with van der Waals surface area (Å²) in [4.78, 5) is 24.2. The number of nitrogens with zero attached hydrogens (tertiary/aromatic N) is 2. The van der Waals surface area contributed by atoms with Gasteiger partial charge >= 0.3 is 5.63 Å². The number of aryl methyl sites for hydroxylation is 2. The Bertz CT molecular complexity index is 988. The zero-order valence-electron chi connectivity index (χ0n) is 14.3. The summed E-state index contributed by atoms with van der Waals surface area (Å²) in [5.41, 5.74) is 1.98. The normalized spacial score (nSPS) is 10.8. The Morgan fingerprint density at radius 1 is 1.28 bits per heavy atom. The maximum Gasteiger partial charge on any atom is 0.337 e. The fourth-order valence-electron chi connectivity index (χ4n) is 2.73. The highest BCUT2D eigenvalue weighted by Crippen LogP contribution is 2.22. The Kier molecular flexibility index (Phi) is 4.56. The number of ether oxygens (including phenoxy) is 1. The third-order valence-corrected chi connectivity index (χ3v) is 3.91. The molecule has 1 aromatic carbocycles. The Balaban J connectivity index is 1.79. The molecule has 0 saturated carbocycles. The highest BCUT2D eigenvalue weighted by Gasteiger charge is 2.14. The number of carbonyl (C=O) groups excluding carboxylic acids is 1. The molecule has 0 radical (unpaired) electrons. The summed E-state index contributed by atoms with van der Waals surface area (Å²) in [6, 6.07) is 8.18. The van der Waals surface area contributed by atoms with Crippen LogP contribution in [0.5, 0.6) is 5.75 Å². The lowest BCUT2D eigenvalue weighted by Crippen LogP contribution is -2.28. The molecular formula is C18H19N3O4. The highest BCUT2D eigenvalue weighted by molar-refractivity contribution is 6.05. The molecule has 0 aliphatic heterocycles. The lowest BCUT2D eigenvalue weighted by atomic mass is 10.1.